The number of hydrogen-bond acceptors (Lipinski definition) is 1. The van der Waals surface area contributed by atoms with E-state index >= 15 is 0 Å². The molecule has 94 valence electrons. The van der Waals surface area contributed by atoms with Crippen molar-refractivity contribution in [2.75, 3.05) is 0 Å². The van der Waals surface area contributed by atoms with Crippen LogP contribution in [-0.2, 0) is 6.61 Å². The highest BCUT2D eigenvalue weighted by Gasteiger charge is 2.05. The monoisotopic (exact) mass is 248 g/mol. The fourth-order valence-corrected chi connectivity index (χ4v) is 2.58. The molecule has 0 spiro atoms. The lowest BCUT2D eigenvalue weighted by Crippen LogP contribution is -1.88. The van der Waals surface area contributed by atoms with Crippen LogP contribution in [0, 0.1) is 6.92 Å². The van der Waals surface area contributed by atoms with E-state index in [1.54, 1.807) is 0 Å². The summed E-state index contributed by atoms with van der Waals surface area (Å²) in [5.74, 6) is 0. The van der Waals surface area contributed by atoms with Gasteiger partial charge in [0, 0.05) is 0 Å². The molecule has 3 rings (SSSR count). The molecule has 0 amide bonds. The van der Waals surface area contributed by atoms with Crippen molar-refractivity contribution in [3.05, 3.63) is 71.8 Å². The van der Waals surface area contributed by atoms with Crippen LogP contribution < -0.4 is 0 Å². The molecule has 3 aromatic carbocycles. The van der Waals surface area contributed by atoms with Crippen LogP contribution >= 0.6 is 0 Å². The van der Waals surface area contributed by atoms with Crippen LogP contribution in [0.4, 0.5) is 0 Å². The summed E-state index contributed by atoms with van der Waals surface area (Å²) in [7, 11) is 0. The molecular weight excluding hydrogens is 232 g/mol. The van der Waals surface area contributed by atoms with Crippen molar-refractivity contribution < 1.29 is 5.11 Å². The topological polar surface area (TPSA) is 20.2 Å². The van der Waals surface area contributed by atoms with Gasteiger partial charge < -0.3 is 5.11 Å². The minimum Gasteiger partial charge on any atom is -0.392 e. The Morgan fingerprint density at radius 3 is 2.58 bits per heavy atom. The van der Waals surface area contributed by atoms with E-state index < -0.39 is 0 Å². The van der Waals surface area contributed by atoms with Gasteiger partial charge in [0.2, 0.25) is 0 Å². The molecule has 0 saturated heterocycles. The van der Waals surface area contributed by atoms with E-state index in [9.17, 15) is 5.11 Å². The second-order valence-electron chi connectivity index (χ2n) is 4.82. The van der Waals surface area contributed by atoms with Crippen LogP contribution in [0.15, 0.2) is 60.7 Å². The van der Waals surface area contributed by atoms with Gasteiger partial charge in [0.15, 0.2) is 0 Å². The first-order valence-electron chi connectivity index (χ1n) is 6.48. The summed E-state index contributed by atoms with van der Waals surface area (Å²) in [5.41, 5.74) is 4.63. The molecule has 3 aromatic rings. The maximum Gasteiger partial charge on any atom is 0.0682 e. The first-order valence-corrected chi connectivity index (χ1v) is 6.48. The lowest BCUT2D eigenvalue weighted by atomic mass is 9.94. The molecular formula is C18H16O. The predicted octanol–water partition coefficient (Wildman–Crippen LogP) is 4.31. The van der Waals surface area contributed by atoms with Crippen LogP contribution in [-0.4, -0.2) is 5.11 Å². The third kappa shape index (κ3) is 2.13. The minimum absolute atomic E-state index is 0.0838. The Morgan fingerprint density at radius 2 is 1.74 bits per heavy atom. The van der Waals surface area contributed by atoms with Crippen molar-refractivity contribution >= 4 is 10.8 Å². The van der Waals surface area contributed by atoms with Crippen LogP contribution in [0.3, 0.4) is 0 Å². The highest BCUT2D eigenvalue weighted by Crippen LogP contribution is 2.30. The standard InChI is InChI=1S/C18H16O/c1-13-17-8-3-2-6-15(17)9-10-18(13)16-7-4-5-14(11-16)12-19/h2-11,19H,12H2,1H3. The number of benzene rings is 3. The molecule has 0 fully saturated rings. The molecule has 0 saturated carbocycles. The van der Waals surface area contributed by atoms with Gasteiger partial charge in [-0.25, -0.2) is 0 Å². The second kappa shape index (κ2) is 4.87. The summed E-state index contributed by atoms with van der Waals surface area (Å²) >= 11 is 0. The van der Waals surface area contributed by atoms with Gasteiger partial charge in [0.05, 0.1) is 6.61 Å². The summed E-state index contributed by atoms with van der Waals surface area (Å²) in [6.07, 6.45) is 0. The van der Waals surface area contributed by atoms with Crippen molar-refractivity contribution in [1.82, 2.24) is 0 Å². The Hall–Kier alpha value is -2.12. The number of aliphatic hydroxyl groups is 1. The highest BCUT2D eigenvalue weighted by molar-refractivity contribution is 5.91. The summed E-state index contributed by atoms with van der Waals surface area (Å²) in [4.78, 5) is 0. The molecule has 0 bridgehead atoms. The molecule has 0 atom stereocenters. The zero-order valence-electron chi connectivity index (χ0n) is 10.9. The Morgan fingerprint density at radius 1 is 0.895 bits per heavy atom. The largest absolute Gasteiger partial charge is 0.392 e. The average Bonchev–Trinajstić information content (AvgIpc) is 2.48. The highest BCUT2D eigenvalue weighted by atomic mass is 16.3. The summed E-state index contributed by atoms with van der Waals surface area (Å²) in [6, 6.07) is 20.8. The maximum atomic E-state index is 9.25. The van der Waals surface area contributed by atoms with E-state index in [0.717, 1.165) is 11.1 Å². The SMILES string of the molecule is Cc1c(-c2cccc(CO)c2)ccc2ccccc12. The van der Waals surface area contributed by atoms with Crippen LogP contribution in [0.2, 0.25) is 0 Å². The van der Waals surface area contributed by atoms with Crippen molar-refractivity contribution in [2.45, 2.75) is 13.5 Å². The fraction of sp³-hybridized carbons (Fsp3) is 0.111. The Balaban J connectivity index is 2.22. The van der Waals surface area contributed by atoms with E-state index in [1.165, 1.54) is 21.9 Å². The Labute approximate surface area is 113 Å². The number of fused-ring (bicyclic) bond motifs is 1. The van der Waals surface area contributed by atoms with E-state index in [2.05, 4.69) is 55.5 Å². The van der Waals surface area contributed by atoms with Gasteiger partial charge in [-0.05, 0) is 46.0 Å². The maximum absolute atomic E-state index is 9.25. The average molecular weight is 248 g/mol. The molecule has 19 heavy (non-hydrogen) atoms. The van der Waals surface area contributed by atoms with E-state index in [4.69, 9.17) is 0 Å². The number of aryl methyl sites for hydroxylation is 1. The molecule has 0 aliphatic carbocycles. The lowest BCUT2D eigenvalue weighted by Gasteiger charge is -2.10. The van der Waals surface area contributed by atoms with Crippen LogP contribution in [0.1, 0.15) is 11.1 Å². The third-order valence-electron chi connectivity index (χ3n) is 3.62. The number of hydrogen-bond donors (Lipinski definition) is 1. The summed E-state index contributed by atoms with van der Waals surface area (Å²) in [6.45, 7) is 2.24. The number of rotatable bonds is 2. The van der Waals surface area contributed by atoms with Crippen LogP contribution in [0.5, 0.6) is 0 Å². The normalized spacial score (nSPS) is 10.8. The lowest BCUT2D eigenvalue weighted by molar-refractivity contribution is 0.282. The molecule has 0 aliphatic rings. The van der Waals surface area contributed by atoms with Gasteiger partial charge in [-0.1, -0.05) is 54.6 Å². The molecule has 1 N–H and O–H groups in total. The molecule has 0 radical (unpaired) electrons. The van der Waals surface area contributed by atoms with Crippen molar-refractivity contribution in [2.24, 2.45) is 0 Å². The van der Waals surface area contributed by atoms with Gasteiger partial charge in [0.1, 0.15) is 0 Å². The molecule has 0 heterocycles. The zero-order valence-corrected chi connectivity index (χ0v) is 10.9. The molecule has 1 nitrogen and oxygen atoms in total. The zero-order chi connectivity index (χ0) is 13.2. The van der Waals surface area contributed by atoms with Gasteiger partial charge in [-0.3, -0.25) is 0 Å². The summed E-state index contributed by atoms with van der Waals surface area (Å²) in [5, 5.41) is 11.8. The van der Waals surface area contributed by atoms with Gasteiger partial charge in [-0.2, -0.15) is 0 Å². The molecule has 0 aliphatic heterocycles. The third-order valence-corrected chi connectivity index (χ3v) is 3.62. The first kappa shape index (κ1) is 11.9. The van der Waals surface area contributed by atoms with E-state index in [0.29, 0.717) is 0 Å². The fourth-order valence-electron chi connectivity index (χ4n) is 2.58. The molecule has 0 aromatic heterocycles. The molecule has 0 unspecified atom stereocenters. The summed E-state index contributed by atoms with van der Waals surface area (Å²) < 4.78 is 0. The van der Waals surface area contributed by atoms with Gasteiger partial charge in [0.25, 0.3) is 0 Å². The predicted molar refractivity (Wildman–Crippen MR) is 80.0 cm³/mol. The smallest absolute Gasteiger partial charge is 0.0682 e. The minimum atomic E-state index is 0.0838. The van der Waals surface area contributed by atoms with Crippen molar-refractivity contribution in [3.8, 4) is 11.1 Å². The second-order valence-corrected chi connectivity index (χ2v) is 4.82. The van der Waals surface area contributed by atoms with E-state index in [1.807, 2.05) is 12.1 Å². The van der Waals surface area contributed by atoms with Gasteiger partial charge in [-0.15, -0.1) is 0 Å². The van der Waals surface area contributed by atoms with Gasteiger partial charge >= 0.3 is 0 Å². The number of aliphatic hydroxyl groups excluding tert-OH is 1. The quantitative estimate of drug-likeness (QED) is 0.716. The van der Waals surface area contributed by atoms with Crippen molar-refractivity contribution in [1.29, 1.82) is 0 Å². The van der Waals surface area contributed by atoms with E-state index in [-0.39, 0.29) is 6.61 Å². The first-order chi connectivity index (χ1) is 9.29. The molecule has 1 heteroatoms. The Bertz CT molecular complexity index is 729. The van der Waals surface area contributed by atoms with Crippen molar-refractivity contribution in [3.63, 3.8) is 0 Å². The van der Waals surface area contributed by atoms with Crippen LogP contribution in [0.25, 0.3) is 21.9 Å². The Kier molecular flexibility index (Phi) is 3.06.